The van der Waals surface area contributed by atoms with Crippen LogP contribution in [0.3, 0.4) is 0 Å². The molecule has 0 bridgehead atoms. The molecule has 1 N–H and O–H groups in total. The number of nitrogens with zero attached hydrogens (tertiary/aromatic N) is 3. The van der Waals surface area contributed by atoms with Crippen LogP contribution in [0, 0.1) is 0 Å². The van der Waals surface area contributed by atoms with Crippen LogP contribution >= 0.6 is 0 Å². The third-order valence-corrected chi connectivity index (χ3v) is 2.22. The van der Waals surface area contributed by atoms with Crippen LogP contribution in [0.4, 0.5) is 14.4 Å². The molecular formula is C12H20N4O5. The van der Waals surface area contributed by atoms with E-state index in [-0.39, 0.29) is 6.54 Å². The monoisotopic (exact) mass is 300 g/mol. The lowest BCUT2D eigenvalue weighted by Crippen LogP contribution is -2.59. The second-order valence-corrected chi connectivity index (χ2v) is 5.00. The number of hydrazine groups is 1. The smallest absolute Gasteiger partial charge is 0.439 e. The molecule has 1 aliphatic heterocycles. The average Bonchev–Trinajstić information content (AvgIpc) is 2.31. The third kappa shape index (κ3) is 4.62. The molecule has 0 atom stereocenters. The molecule has 0 spiro atoms. The molecule has 0 saturated carbocycles. The predicted octanol–water partition coefficient (Wildman–Crippen LogP) is 1.69. The molecule has 0 saturated heterocycles. The van der Waals surface area contributed by atoms with Crippen molar-refractivity contribution in [1.82, 2.24) is 15.4 Å². The van der Waals surface area contributed by atoms with Crippen molar-refractivity contribution in [3.8, 4) is 0 Å². The maximum atomic E-state index is 12.1. The fraction of sp³-hybridized carbons (Fsp3) is 0.667. The van der Waals surface area contributed by atoms with Gasteiger partial charge in [0.25, 0.3) is 0 Å². The first kappa shape index (κ1) is 16.7. The minimum atomic E-state index is -0.986. The van der Waals surface area contributed by atoms with Crippen molar-refractivity contribution in [1.29, 1.82) is 0 Å². The number of amides is 4. The average molecular weight is 300 g/mol. The number of carbonyl (C=O) groups is 3. The molecule has 0 aromatic rings. The highest BCUT2D eigenvalue weighted by Crippen LogP contribution is 2.11. The number of hydrazone groups is 1. The molecule has 1 aliphatic rings. The maximum absolute atomic E-state index is 12.1. The number of hydrogen-bond acceptors (Lipinski definition) is 6. The first-order valence-corrected chi connectivity index (χ1v) is 6.54. The van der Waals surface area contributed by atoms with Gasteiger partial charge in [-0.2, -0.15) is 5.10 Å². The fourth-order valence-corrected chi connectivity index (χ4v) is 1.46. The Balaban J connectivity index is 3.00. The summed E-state index contributed by atoms with van der Waals surface area (Å²) >= 11 is 0. The van der Waals surface area contributed by atoms with Crippen molar-refractivity contribution in [2.24, 2.45) is 5.10 Å². The number of rotatable bonds is 3. The van der Waals surface area contributed by atoms with Gasteiger partial charge >= 0.3 is 18.2 Å². The number of nitrogens with one attached hydrogen (secondary N) is 1. The van der Waals surface area contributed by atoms with Crippen molar-refractivity contribution in [3.05, 3.63) is 0 Å². The summed E-state index contributed by atoms with van der Waals surface area (Å²) in [6, 6.07) is -0.720. The van der Waals surface area contributed by atoms with Crippen LogP contribution in [0.25, 0.3) is 0 Å². The Morgan fingerprint density at radius 1 is 1.19 bits per heavy atom. The van der Waals surface area contributed by atoms with Crippen LogP contribution in [0.2, 0.25) is 0 Å². The van der Waals surface area contributed by atoms with Crippen molar-refractivity contribution >= 4 is 23.9 Å². The summed E-state index contributed by atoms with van der Waals surface area (Å²) in [5.74, 6) is 0. The Bertz CT molecular complexity index is 439. The van der Waals surface area contributed by atoms with Crippen LogP contribution in [0.15, 0.2) is 5.10 Å². The summed E-state index contributed by atoms with van der Waals surface area (Å²) in [4.78, 5) is 36.0. The van der Waals surface area contributed by atoms with Gasteiger partial charge in [0.2, 0.25) is 0 Å². The quantitative estimate of drug-likeness (QED) is 0.854. The third-order valence-electron chi connectivity index (χ3n) is 2.22. The van der Waals surface area contributed by atoms with Gasteiger partial charge in [-0.3, -0.25) is 0 Å². The van der Waals surface area contributed by atoms with Gasteiger partial charge in [-0.1, -0.05) is 0 Å². The predicted molar refractivity (Wildman–Crippen MR) is 73.4 cm³/mol. The van der Waals surface area contributed by atoms with Gasteiger partial charge in [-0.15, -0.1) is 5.01 Å². The Hall–Kier alpha value is -2.32. The largest absolute Gasteiger partial charge is 0.445 e. The van der Waals surface area contributed by atoms with Gasteiger partial charge in [0.1, 0.15) is 0 Å². The molecule has 21 heavy (non-hydrogen) atoms. The maximum Gasteiger partial charge on any atom is 0.439 e. The van der Waals surface area contributed by atoms with E-state index in [1.54, 1.807) is 34.6 Å². The van der Waals surface area contributed by atoms with Crippen molar-refractivity contribution in [3.63, 3.8) is 0 Å². The second-order valence-electron chi connectivity index (χ2n) is 5.00. The Morgan fingerprint density at radius 2 is 1.67 bits per heavy atom. The molecule has 4 amide bonds. The van der Waals surface area contributed by atoms with Crippen molar-refractivity contribution in [2.75, 3.05) is 6.54 Å². The van der Waals surface area contributed by atoms with Gasteiger partial charge in [-0.25, -0.2) is 24.8 Å². The molecule has 1 rings (SSSR count). The minimum absolute atomic E-state index is 0.0216. The van der Waals surface area contributed by atoms with Gasteiger partial charge in [0.15, 0.2) is 0 Å². The summed E-state index contributed by atoms with van der Waals surface area (Å²) in [6.45, 7) is 8.15. The van der Waals surface area contributed by atoms with Crippen LogP contribution in [0.5, 0.6) is 0 Å². The molecule has 0 aromatic heterocycles. The highest BCUT2D eigenvalue weighted by Gasteiger charge is 2.37. The first-order valence-electron chi connectivity index (χ1n) is 6.54. The van der Waals surface area contributed by atoms with E-state index in [4.69, 9.17) is 9.47 Å². The highest BCUT2D eigenvalue weighted by atomic mass is 16.6. The number of hydrogen-bond donors (Lipinski definition) is 1. The van der Waals surface area contributed by atoms with Crippen LogP contribution in [-0.2, 0) is 9.47 Å². The zero-order chi connectivity index (χ0) is 16.2. The summed E-state index contributed by atoms with van der Waals surface area (Å²) in [5, 5.41) is 5.15. The lowest BCUT2D eigenvalue weighted by atomic mass is 10.4. The Kier molecular flexibility index (Phi) is 5.51. The van der Waals surface area contributed by atoms with E-state index in [0.29, 0.717) is 10.7 Å². The van der Waals surface area contributed by atoms with Gasteiger partial charge in [0, 0.05) is 0 Å². The molecule has 0 fully saturated rings. The van der Waals surface area contributed by atoms with Crippen LogP contribution in [-0.4, -0.2) is 52.7 Å². The molecular weight excluding hydrogens is 280 g/mol. The zero-order valence-corrected chi connectivity index (χ0v) is 12.7. The summed E-state index contributed by atoms with van der Waals surface area (Å²) in [7, 11) is 0. The molecule has 9 heteroatoms. The van der Waals surface area contributed by atoms with Gasteiger partial charge in [-0.05, 0) is 34.6 Å². The summed E-state index contributed by atoms with van der Waals surface area (Å²) < 4.78 is 9.95. The van der Waals surface area contributed by atoms with E-state index in [1.165, 1.54) is 0 Å². The summed E-state index contributed by atoms with van der Waals surface area (Å²) in [6.07, 6.45) is -2.87. The normalized spacial score (nSPS) is 14.7. The van der Waals surface area contributed by atoms with E-state index in [9.17, 15) is 14.4 Å². The van der Waals surface area contributed by atoms with Crippen LogP contribution in [0.1, 0.15) is 34.6 Å². The molecule has 0 radical (unpaired) electrons. The number of ether oxygens (including phenoxy) is 2. The SMILES string of the molecule is CC1=NNC(=O)N(N(C(=O)OC(C)C)C(=O)OC(C)C)C1. The molecule has 1 heterocycles. The summed E-state index contributed by atoms with van der Waals surface area (Å²) in [5.41, 5.74) is 2.72. The topological polar surface area (TPSA) is 101 Å². The Morgan fingerprint density at radius 3 is 2.10 bits per heavy atom. The van der Waals surface area contributed by atoms with Gasteiger partial charge in [0.05, 0.1) is 24.5 Å². The van der Waals surface area contributed by atoms with Crippen LogP contribution < -0.4 is 5.43 Å². The Labute approximate surface area is 122 Å². The number of urea groups is 1. The molecule has 0 aromatic carbocycles. The van der Waals surface area contributed by atoms with E-state index in [2.05, 4.69) is 10.5 Å². The second kappa shape index (κ2) is 6.91. The number of imide groups is 1. The van der Waals surface area contributed by atoms with E-state index < -0.39 is 30.4 Å². The van der Waals surface area contributed by atoms with E-state index in [1.807, 2.05) is 0 Å². The lowest BCUT2D eigenvalue weighted by molar-refractivity contribution is -0.0106. The molecule has 118 valence electrons. The minimum Gasteiger partial charge on any atom is -0.445 e. The number of carbonyl (C=O) groups excluding carboxylic acids is 3. The van der Waals surface area contributed by atoms with Crippen molar-refractivity contribution < 1.29 is 23.9 Å². The molecule has 9 nitrogen and oxygen atoms in total. The van der Waals surface area contributed by atoms with E-state index in [0.717, 1.165) is 5.01 Å². The standard InChI is InChI=1S/C12H20N4O5/c1-7(2)20-11(18)16(12(19)21-8(3)4)15-6-9(5)13-14-10(15)17/h7-8H,6H2,1-5H3,(H,14,17). The lowest BCUT2D eigenvalue weighted by Gasteiger charge is -2.33. The van der Waals surface area contributed by atoms with Gasteiger partial charge < -0.3 is 9.47 Å². The first-order chi connectivity index (χ1) is 9.72. The molecule has 0 aliphatic carbocycles. The molecule has 0 unspecified atom stereocenters. The van der Waals surface area contributed by atoms with Crippen molar-refractivity contribution in [2.45, 2.75) is 46.8 Å². The fourth-order valence-electron chi connectivity index (χ4n) is 1.46. The zero-order valence-electron chi connectivity index (χ0n) is 12.7. The van der Waals surface area contributed by atoms with E-state index >= 15 is 0 Å². The highest BCUT2D eigenvalue weighted by molar-refractivity contribution is 5.96.